The fourth-order valence-corrected chi connectivity index (χ4v) is 5.88. The third kappa shape index (κ3) is 5.80. The fourth-order valence-electron chi connectivity index (χ4n) is 5.88. The minimum atomic E-state index is -4.23. The Labute approximate surface area is 221 Å². The van der Waals surface area contributed by atoms with E-state index in [2.05, 4.69) is 10.1 Å². The number of rotatable bonds is 5. The average Bonchev–Trinajstić information content (AvgIpc) is 3.28. The van der Waals surface area contributed by atoms with Crippen LogP contribution in [0.15, 0.2) is 23.1 Å². The van der Waals surface area contributed by atoms with Gasteiger partial charge in [-0.1, -0.05) is 0 Å². The zero-order valence-electron chi connectivity index (χ0n) is 22.0. The molecule has 2 aromatic heterocycles. The van der Waals surface area contributed by atoms with Crippen LogP contribution in [0.3, 0.4) is 0 Å². The number of nitrogens with one attached hydrogen (secondary N) is 1. The highest BCUT2D eigenvalue weighted by molar-refractivity contribution is 6.07. The minimum Gasteiger partial charge on any atom is -0.336 e. The second kappa shape index (κ2) is 10.2. The molecule has 1 saturated carbocycles. The smallest absolute Gasteiger partial charge is 0.336 e. The maximum absolute atomic E-state index is 13.7. The first-order valence-electron chi connectivity index (χ1n) is 13.3. The van der Waals surface area contributed by atoms with Crippen molar-refractivity contribution in [2.24, 2.45) is 5.92 Å². The first-order valence-corrected chi connectivity index (χ1v) is 13.3. The van der Waals surface area contributed by atoms with Crippen LogP contribution in [-0.4, -0.2) is 74.8 Å². The number of halogens is 5. The van der Waals surface area contributed by atoms with Crippen LogP contribution in [0.4, 0.5) is 22.0 Å². The van der Waals surface area contributed by atoms with E-state index in [1.807, 2.05) is 6.92 Å². The molecule has 3 heterocycles. The number of hydrogen-bond donors (Lipinski definition) is 1. The van der Waals surface area contributed by atoms with Crippen LogP contribution in [0.5, 0.6) is 0 Å². The van der Waals surface area contributed by atoms with E-state index in [0.717, 1.165) is 0 Å². The lowest BCUT2D eigenvalue weighted by Crippen LogP contribution is -2.54. The number of fused-ring (bicyclic) bond motifs is 3. The number of carbonyl (C=O) groups is 1. The molecule has 1 atom stereocenters. The summed E-state index contributed by atoms with van der Waals surface area (Å²) < 4.78 is 67.1. The SMILES string of the molecule is Cc1cc2[nH]c(=O)c3cnn(CC4CCC(F)(F)CC4)c3c2cc1C(=O)N1CCN(CCC(F)(F)F)[C@@H](C)C1. The number of hydrogen-bond acceptors (Lipinski definition) is 4. The molecule has 2 fully saturated rings. The molecule has 2 aliphatic rings. The summed E-state index contributed by atoms with van der Waals surface area (Å²) in [5.41, 5.74) is 1.89. The van der Waals surface area contributed by atoms with Crippen LogP contribution in [0.2, 0.25) is 0 Å². The summed E-state index contributed by atoms with van der Waals surface area (Å²) in [6.07, 6.45) is -3.25. The molecule has 1 amide bonds. The van der Waals surface area contributed by atoms with Crippen LogP contribution in [0.25, 0.3) is 21.8 Å². The molecule has 1 aliphatic carbocycles. The van der Waals surface area contributed by atoms with E-state index < -0.39 is 18.5 Å². The zero-order chi connectivity index (χ0) is 28.1. The van der Waals surface area contributed by atoms with Crippen LogP contribution in [-0.2, 0) is 6.54 Å². The number of nitrogens with zero attached hydrogens (tertiary/aromatic N) is 4. The lowest BCUT2D eigenvalue weighted by molar-refractivity contribution is -0.140. The Bertz CT molecular complexity index is 1440. The highest BCUT2D eigenvalue weighted by Gasteiger charge is 2.35. The average molecular weight is 554 g/mol. The van der Waals surface area contributed by atoms with Gasteiger partial charge in [0, 0.05) is 62.6 Å². The number of carbonyl (C=O) groups excluding carboxylic acids is 1. The van der Waals surface area contributed by atoms with Gasteiger partial charge in [0.2, 0.25) is 5.92 Å². The molecule has 5 rings (SSSR count). The van der Waals surface area contributed by atoms with Gasteiger partial charge < -0.3 is 9.88 Å². The number of amides is 1. The van der Waals surface area contributed by atoms with Gasteiger partial charge in [-0.05, 0) is 50.3 Å². The molecular weight excluding hydrogens is 521 g/mol. The van der Waals surface area contributed by atoms with Crippen molar-refractivity contribution in [1.29, 1.82) is 0 Å². The number of aryl methyl sites for hydroxylation is 1. The molecule has 3 aromatic rings. The quantitative estimate of drug-likeness (QED) is 0.446. The first-order chi connectivity index (χ1) is 18.3. The summed E-state index contributed by atoms with van der Waals surface area (Å²) >= 11 is 0. The maximum atomic E-state index is 13.7. The molecule has 39 heavy (non-hydrogen) atoms. The van der Waals surface area contributed by atoms with Crippen molar-refractivity contribution in [3.63, 3.8) is 0 Å². The summed E-state index contributed by atoms with van der Waals surface area (Å²) in [5.74, 6) is -2.86. The Morgan fingerprint density at radius 1 is 1.15 bits per heavy atom. The van der Waals surface area contributed by atoms with Gasteiger partial charge in [-0.25, -0.2) is 8.78 Å². The van der Waals surface area contributed by atoms with Crippen molar-refractivity contribution in [2.45, 2.75) is 70.6 Å². The Morgan fingerprint density at radius 2 is 1.87 bits per heavy atom. The number of aromatic amines is 1. The third-order valence-electron chi connectivity index (χ3n) is 8.18. The van der Waals surface area contributed by atoms with Gasteiger partial charge in [-0.3, -0.25) is 19.2 Å². The van der Waals surface area contributed by atoms with Crippen molar-refractivity contribution in [3.8, 4) is 0 Å². The van der Waals surface area contributed by atoms with Crippen molar-refractivity contribution in [1.82, 2.24) is 24.6 Å². The Kier molecular flexibility index (Phi) is 7.19. The van der Waals surface area contributed by atoms with E-state index in [1.54, 1.807) is 33.5 Å². The summed E-state index contributed by atoms with van der Waals surface area (Å²) in [5, 5.41) is 5.40. The Balaban J connectivity index is 1.42. The lowest BCUT2D eigenvalue weighted by atomic mass is 9.87. The molecule has 1 N–H and O–H groups in total. The summed E-state index contributed by atoms with van der Waals surface area (Å²) in [4.78, 5) is 32.6. The van der Waals surface area contributed by atoms with E-state index in [9.17, 15) is 31.5 Å². The molecule has 0 radical (unpaired) electrons. The van der Waals surface area contributed by atoms with E-state index >= 15 is 0 Å². The molecule has 1 saturated heterocycles. The molecule has 0 spiro atoms. The molecule has 1 aliphatic heterocycles. The second-order valence-electron chi connectivity index (χ2n) is 11.1. The molecule has 7 nitrogen and oxygen atoms in total. The predicted molar refractivity (Wildman–Crippen MR) is 137 cm³/mol. The normalized spacial score (nSPS) is 21.2. The summed E-state index contributed by atoms with van der Waals surface area (Å²) in [6.45, 7) is 4.85. The number of aromatic nitrogens is 3. The first kappa shape index (κ1) is 27.5. The van der Waals surface area contributed by atoms with E-state index in [-0.39, 0.29) is 42.8 Å². The second-order valence-corrected chi connectivity index (χ2v) is 11.1. The number of alkyl halides is 5. The van der Waals surface area contributed by atoms with Gasteiger partial charge >= 0.3 is 6.18 Å². The monoisotopic (exact) mass is 553 g/mol. The van der Waals surface area contributed by atoms with Gasteiger partial charge in [0.05, 0.1) is 29.0 Å². The van der Waals surface area contributed by atoms with Crippen molar-refractivity contribution < 1.29 is 26.7 Å². The van der Waals surface area contributed by atoms with E-state index in [4.69, 9.17) is 0 Å². The van der Waals surface area contributed by atoms with Crippen molar-refractivity contribution >= 4 is 27.7 Å². The zero-order valence-corrected chi connectivity index (χ0v) is 22.0. The molecule has 212 valence electrons. The van der Waals surface area contributed by atoms with Crippen molar-refractivity contribution in [3.05, 3.63) is 39.8 Å². The van der Waals surface area contributed by atoms with Gasteiger partial charge in [-0.15, -0.1) is 0 Å². The van der Waals surface area contributed by atoms with Gasteiger partial charge in [0.25, 0.3) is 11.5 Å². The largest absolute Gasteiger partial charge is 0.390 e. The fraction of sp³-hybridized carbons (Fsp3) is 0.593. The van der Waals surface area contributed by atoms with Gasteiger partial charge in [0.15, 0.2) is 0 Å². The van der Waals surface area contributed by atoms with Crippen LogP contribution in [0, 0.1) is 12.8 Å². The minimum absolute atomic E-state index is 0.00347. The van der Waals surface area contributed by atoms with E-state index in [1.165, 1.54) is 6.20 Å². The molecular formula is C27H32F5N5O2. The highest BCUT2D eigenvalue weighted by atomic mass is 19.4. The number of H-pyrrole nitrogens is 1. The molecule has 12 heteroatoms. The van der Waals surface area contributed by atoms with Crippen LogP contribution < -0.4 is 5.56 Å². The van der Waals surface area contributed by atoms with Crippen LogP contribution in [0.1, 0.15) is 54.9 Å². The highest BCUT2D eigenvalue weighted by Crippen LogP contribution is 2.37. The van der Waals surface area contributed by atoms with Gasteiger partial charge in [0.1, 0.15) is 0 Å². The number of benzene rings is 1. The standard InChI is InChI=1S/C27H32F5N5O2/c1-16-11-22-20(12-19(16)25(39)36-10-9-35(17(2)14-36)8-7-27(30,31)32)23-21(24(38)34-22)13-33-37(23)15-18-3-5-26(28,29)6-4-18/h11-13,17-18H,3-10,14-15H2,1-2H3,(H,34,38)/t17-/m0/s1. The lowest BCUT2D eigenvalue weighted by Gasteiger charge is -2.40. The predicted octanol–water partition coefficient (Wildman–Crippen LogP) is 5.11. The topological polar surface area (TPSA) is 74.2 Å². The van der Waals surface area contributed by atoms with Crippen LogP contribution >= 0.6 is 0 Å². The maximum Gasteiger partial charge on any atom is 0.390 e. The molecule has 1 aromatic carbocycles. The van der Waals surface area contributed by atoms with Gasteiger partial charge in [-0.2, -0.15) is 18.3 Å². The molecule has 0 unspecified atom stereocenters. The Morgan fingerprint density at radius 3 is 2.54 bits per heavy atom. The van der Waals surface area contributed by atoms with Crippen molar-refractivity contribution in [2.75, 3.05) is 26.2 Å². The number of piperazine rings is 1. The number of pyridine rings is 1. The van der Waals surface area contributed by atoms with E-state index in [0.29, 0.717) is 72.0 Å². The summed E-state index contributed by atoms with van der Waals surface area (Å²) in [6, 6.07) is 3.25. The third-order valence-corrected chi connectivity index (χ3v) is 8.18. The summed E-state index contributed by atoms with van der Waals surface area (Å²) in [7, 11) is 0. The molecule has 0 bridgehead atoms. The Hall–Kier alpha value is -3.02.